The smallest absolute Gasteiger partial charge is 0.284 e. The van der Waals surface area contributed by atoms with Crippen LogP contribution in [0, 0.1) is 0 Å². The lowest BCUT2D eigenvalue weighted by Gasteiger charge is -2.24. The van der Waals surface area contributed by atoms with Crippen molar-refractivity contribution in [3.63, 3.8) is 0 Å². The predicted molar refractivity (Wildman–Crippen MR) is 92.4 cm³/mol. The van der Waals surface area contributed by atoms with E-state index in [4.69, 9.17) is 18.9 Å². The van der Waals surface area contributed by atoms with Crippen LogP contribution in [0.1, 0.15) is 5.56 Å². The molecule has 2 heterocycles. The zero-order valence-electron chi connectivity index (χ0n) is 12.9. The van der Waals surface area contributed by atoms with E-state index in [9.17, 15) is 4.79 Å². The molecule has 0 aromatic heterocycles. The van der Waals surface area contributed by atoms with Gasteiger partial charge in [-0.25, -0.2) is 5.43 Å². The number of hydrogen-bond acceptors (Lipinski definition) is 6. The number of hydrazone groups is 1. The molecule has 1 atom stereocenters. The molecule has 2 aromatic rings. The maximum absolute atomic E-state index is 12.2. The largest absolute Gasteiger partial charge is 0.485 e. The first-order valence-corrected chi connectivity index (χ1v) is 8.30. The summed E-state index contributed by atoms with van der Waals surface area (Å²) in [6.45, 7) is 0.319. The number of amides is 1. The van der Waals surface area contributed by atoms with Crippen molar-refractivity contribution in [2.24, 2.45) is 5.10 Å². The van der Waals surface area contributed by atoms with Gasteiger partial charge in [0, 0.05) is 0 Å². The third kappa shape index (κ3) is 3.25. The van der Waals surface area contributed by atoms with Crippen molar-refractivity contribution in [1.82, 2.24) is 5.43 Å². The lowest BCUT2D eigenvalue weighted by molar-refractivity contribution is -0.130. The fourth-order valence-corrected chi connectivity index (χ4v) is 3.03. The van der Waals surface area contributed by atoms with Crippen LogP contribution in [0.4, 0.5) is 0 Å². The molecule has 0 fully saturated rings. The minimum atomic E-state index is -0.754. The minimum absolute atomic E-state index is 0.133. The van der Waals surface area contributed by atoms with E-state index >= 15 is 0 Å². The van der Waals surface area contributed by atoms with Crippen molar-refractivity contribution >= 4 is 28.1 Å². The maximum Gasteiger partial charge on any atom is 0.284 e. The van der Waals surface area contributed by atoms with Gasteiger partial charge in [-0.2, -0.15) is 5.10 Å². The summed E-state index contributed by atoms with van der Waals surface area (Å²) in [4.78, 5) is 12.2. The van der Waals surface area contributed by atoms with E-state index in [-0.39, 0.29) is 19.3 Å². The molecule has 2 aliphatic heterocycles. The lowest BCUT2D eigenvalue weighted by Crippen LogP contribution is -2.42. The summed E-state index contributed by atoms with van der Waals surface area (Å²) in [6.07, 6.45) is 0.762. The van der Waals surface area contributed by atoms with E-state index in [0.717, 1.165) is 10.0 Å². The summed E-state index contributed by atoms with van der Waals surface area (Å²) >= 11 is 3.41. The summed E-state index contributed by atoms with van der Waals surface area (Å²) in [6, 6.07) is 10.8. The van der Waals surface area contributed by atoms with Gasteiger partial charge in [0.15, 0.2) is 23.0 Å². The number of fused-ring (bicyclic) bond motifs is 2. The summed E-state index contributed by atoms with van der Waals surface area (Å²) in [5, 5.41) is 3.96. The van der Waals surface area contributed by atoms with Gasteiger partial charge in [-0.1, -0.05) is 12.1 Å². The molecule has 0 saturated heterocycles. The number of halogens is 1. The van der Waals surface area contributed by atoms with Crippen LogP contribution in [-0.2, 0) is 4.79 Å². The van der Waals surface area contributed by atoms with Crippen molar-refractivity contribution in [2.45, 2.75) is 6.10 Å². The highest BCUT2D eigenvalue weighted by Crippen LogP contribution is 2.39. The van der Waals surface area contributed by atoms with Crippen molar-refractivity contribution in [3.8, 4) is 23.0 Å². The lowest BCUT2D eigenvalue weighted by atomic mass is 10.2. The van der Waals surface area contributed by atoms with E-state index < -0.39 is 6.10 Å². The van der Waals surface area contributed by atoms with E-state index in [1.807, 2.05) is 18.2 Å². The Labute approximate surface area is 151 Å². The maximum atomic E-state index is 12.2. The normalized spacial score (nSPS) is 17.6. The first-order valence-electron chi connectivity index (χ1n) is 7.51. The third-order valence-electron chi connectivity index (χ3n) is 3.64. The monoisotopic (exact) mass is 404 g/mol. The minimum Gasteiger partial charge on any atom is -0.485 e. The first kappa shape index (κ1) is 15.8. The van der Waals surface area contributed by atoms with Gasteiger partial charge in [-0.15, -0.1) is 0 Å². The number of carbonyl (C=O) groups is 1. The SMILES string of the molecule is O=C(N/N=C\c1cc(Br)c2c(c1)OCO2)[C@@H]1COc2ccccc2O1. The fourth-order valence-electron chi connectivity index (χ4n) is 2.45. The summed E-state index contributed by atoms with van der Waals surface area (Å²) in [5.74, 6) is 2.07. The number of rotatable bonds is 3. The van der Waals surface area contributed by atoms with Crippen molar-refractivity contribution < 1.29 is 23.7 Å². The number of carbonyl (C=O) groups excluding carboxylic acids is 1. The van der Waals surface area contributed by atoms with Crippen LogP contribution in [0.15, 0.2) is 46.0 Å². The number of para-hydroxylation sites is 2. The highest BCUT2D eigenvalue weighted by atomic mass is 79.9. The number of ether oxygens (including phenoxy) is 4. The second kappa shape index (κ2) is 6.64. The second-order valence-corrected chi connectivity index (χ2v) is 6.19. The molecule has 0 saturated carbocycles. The first-order chi connectivity index (χ1) is 12.2. The highest BCUT2D eigenvalue weighted by molar-refractivity contribution is 9.10. The third-order valence-corrected chi connectivity index (χ3v) is 4.23. The molecule has 2 aromatic carbocycles. The fraction of sp³-hybridized carbons (Fsp3) is 0.176. The van der Waals surface area contributed by atoms with Gasteiger partial charge in [-0.3, -0.25) is 4.79 Å². The Morgan fingerprint density at radius 1 is 1.16 bits per heavy atom. The average molecular weight is 405 g/mol. The number of benzene rings is 2. The Balaban J connectivity index is 1.39. The van der Waals surface area contributed by atoms with E-state index in [1.54, 1.807) is 18.2 Å². The standard InChI is InChI=1S/C17H13BrN2O5/c18-11-5-10(6-14-16(11)24-9-23-14)7-19-20-17(21)15-8-22-12-3-1-2-4-13(12)25-15/h1-7,15H,8-9H2,(H,20,21)/b19-7-/t15-/m0/s1. The number of nitrogens with zero attached hydrogens (tertiary/aromatic N) is 1. The quantitative estimate of drug-likeness (QED) is 0.627. The average Bonchev–Trinajstić information content (AvgIpc) is 3.10. The molecule has 0 spiro atoms. The molecule has 1 amide bonds. The van der Waals surface area contributed by atoms with E-state index in [1.165, 1.54) is 6.21 Å². The van der Waals surface area contributed by atoms with Gasteiger partial charge >= 0.3 is 0 Å². The predicted octanol–water partition coefficient (Wildman–Crippen LogP) is 2.47. The zero-order chi connectivity index (χ0) is 17.2. The van der Waals surface area contributed by atoms with Gasteiger partial charge < -0.3 is 18.9 Å². The van der Waals surface area contributed by atoms with Crippen LogP contribution < -0.4 is 24.4 Å². The van der Waals surface area contributed by atoms with Gasteiger partial charge in [-0.05, 0) is 45.8 Å². The number of nitrogens with one attached hydrogen (secondary N) is 1. The molecule has 25 heavy (non-hydrogen) atoms. The molecule has 0 aliphatic carbocycles. The molecule has 0 bridgehead atoms. The molecule has 0 unspecified atom stereocenters. The van der Waals surface area contributed by atoms with Crippen molar-refractivity contribution in [3.05, 3.63) is 46.4 Å². The van der Waals surface area contributed by atoms with Gasteiger partial charge in [0.1, 0.15) is 6.61 Å². The Hall–Kier alpha value is -2.74. The molecule has 1 N–H and O–H groups in total. The van der Waals surface area contributed by atoms with Gasteiger partial charge in [0.2, 0.25) is 12.9 Å². The van der Waals surface area contributed by atoms with Crippen LogP contribution in [0.25, 0.3) is 0 Å². The molecule has 7 nitrogen and oxygen atoms in total. The van der Waals surface area contributed by atoms with Crippen molar-refractivity contribution in [2.75, 3.05) is 13.4 Å². The van der Waals surface area contributed by atoms with Crippen LogP contribution in [-0.4, -0.2) is 31.6 Å². The number of hydrogen-bond donors (Lipinski definition) is 1. The molecule has 8 heteroatoms. The van der Waals surface area contributed by atoms with Crippen LogP contribution in [0.5, 0.6) is 23.0 Å². The van der Waals surface area contributed by atoms with Crippen LogP contribution in [0.2, 0.25) is 0 Å². The molecular weight excluding hydrogens is 392 g/mol. The zero-order valence-corrected chi connectivity index (χ0v) is 14.5. The van der Waals surface area contributed by atoms with Crippen LogP contribution in [0.3, 0.4) is 0 Å². The highest BCUT2D eigenvalue weighted by Gasteiger charge is 2.27. The van der Waals surface area contributed by atoms with Crippen molar-refractivity contribution in [1.29, 1.82) is 0 Å². The topological polar surface area (TPSA) is 78.4 Å². The van der Waals surface area contributed by atoms with Gasteiger partial charge in [0.05, 0.1) is 10.7 Å². The Kier molecular flexibility index (Phi) is 4.19. The summed E-state index contributed by atoms with van der Waals surface area (Å²) in [7, 11) is 0. The Morgan fingerprint density at radius 3 is 2.88 bits per heavy atom. The molecule has 128 valence electrons. The molecule has 4 rings (SSSR count). The van der Waals surface area contributed by atoms with Gasteiger partial charge in [0.25, 0.3) is 5.91 Å². The molecular formula is C17H13BrN2O5. The summed E-state index contributed by atoms with van der Waals surface area (Å²) < 4.78 is 22.6. The van der Waals surface area contributed by atoms with Crippen LogP contribution >= 0.6 is 15.9 Å². The van der Waals surface area contributed by atoms with E-state index in [2.05, 4.69) is 26.5 Å². The Morgan fingerprint density at radius 2 is 2.00 bits per heavy atom. The Bertz CT molecular complexity index is 855. The van der Waals surface area contributed by atoms with E-state index in [0.29, 0.717) is 23.0 Å². The molecule has 0 radical (unpaired) electrons. The summed E-state index contributed by atoms with van der Waals surface area (Å²) in [5.41, 5.74) is 3.21. The molecule has 2 aliphatic rings. The second-order valence-electron chi connectivity index (χ2n) is 5.33.